The standard InChI is InChI=1S/C19H17N5O3S/c1-12-5-7-13(8-6-12)14-10-17(27-23-14)20-16(25)11-28-19-22-21-18(24(19)2)15-4-3-9-26-15/h3-10H,11H2,1-2H3,(H,20,25). The molecular weight excluding hydrogens is 378 g/mol. The highest BCUT2D eigenvalue weighted by molar-refractivity contribution is 7.99. The number of hydrogen-bond acceptors (Lipinski definition) is 7. The van der Waals surface area contributed by atoms with Gasteiger partial charge in [0, 0.05) is 18.7 Å². The summed E-state index contributed by atoms with van der Waals surface area (Å²) in [6.07, 6.45) is 1.58. The third kappa shape index (κ3) is 3.84. The highest BCUT2D eigenvalue weighted by Gasteiger charge is 2.15. The van der Waals surface area contributed by atoms with Crippen molar-refractivity contribution in [2.45, 2.75) is 12.1 Å². The van der Waals surface area contributed by atoms with Crippen LogP contribution in [-0.4, -0.2) is 31.6 Å². The zero-order chi connectivity index (χ0) is 19.5. The molecule has 9 heteroatoms. The van der Waals surface area contributed by atoms with Gasteiger partial charge in [0.2, 0.25) is 11.8 Å². The number of carbonyl (C=O) groups excluding carboxylic acids is 1. The molecule has 0 saturated heterocycles. The summed E-state index contributed by atoms with van der Waals surface area (Å²) >= 11 is 1.27. The minimum absolute atomic E-state index is 0.157. The summed E-state index contributed by atoms with van der Waals surface area (Å²) < 4.78 is 12.3. The maximum absolute atomic E-state index is 12.2. The van der Waals surface area contributed by atoms with E-state index in [0.29, 0.717) is 28.3 Å². The lowest BCUT2D eigenvalue weighted by atomic mass is 10.1. The molecule has 28 heavy (non-hydrogen) atoms. The number of rotatable bonds is 6. The average molecular weight is 395 g/mol. The van der Waals surface area contributed by atoms with E-state index in [0.717, 1.165) is 11.1 Å². The minimum Gasteiger partial charge on any atom is -0.461 e. The molecule has 0 radical (unpaired) electrons. The Morgan fingerprint density at radius 2 is 2.04 bits per heavy atom. The van der Waals surface area contributed by atoms with E-state index >= 15 is 0 Å². The molecule has 0 atom stereocenters. The molecule has 1 N–H and O–H groups in total. The molecule has 0 spiro atoms. The van der Waals surface area contributed by atoms with Gasteiger partial charge in [-0.25, -0.2) is 0 Å². The molecule has 142 valence electrons. The van der Waals surface area contributed by atoms with Gasteiger partial charge in [0.15, 0.2) is 16.7 Å². The first-order valence-corrected chi connectivity index (χ1v) is 9.48. The fourth-order valence-electron chi connectivity index (χ4n) is 2.56. The number of hydrogen-bond donors (Lipinski definition) is 1. The van der Waals surface area contributed by atoms with Gasteiger partial charge in [-0.3, -0.25) is 10.1 Å². The monoisotopic (exact) mass is 395 g/mol. The van der Waals surface area contributed by atoms with Crippen LogP contribution in [0.5, 0.6) is 0 Å². The van der Waals surface area contributed by atoms with Crippen molar-refractivity contribution < 1.29 is 13.7 Å². The number of benzene rings is 1. The third-order valence-corrected chi connectivity index (χ3v) is 5.05. The number of furan rings is 1. The van der Waals surface area contributed by atoms with Crippen molar-refractivity contribution >= 4 is 23.6 Å². The molecule has 3 aromatic heterocycles. The SMILES string of the molecule is Cc1ccc(-c2cc(NC(=O)CSc3nnc(-c4ccco4)n3C)on2)cc1. The van der Waals surface area contributed by atoms with E-state index < -0.39 is 0 Å². The van der Waals surface area contributed by atoms with Crippen LogP contribution in [0.2, 0.25) is 0 Å². The number of thioether (sulfide) groups is 1. The Morgan fingerprint density at radius 1 is 1.21 bits per heavy atom. The predicted octanol–water partition coefficient (Wildman–Crippen LogP) is 3.77. The number of nitrogens with one attached hydrogen (secondary N) is 1. The van der Waals surface area contributed by atoms with Gasteiger partial charge in [-0.15, -0.1) is 10.2 Å². The number of anilines is 1. The van der Waals surface area contributed by atoms with E-state index in [2.05, 4.69) is 20.7 Å². The zero-order valence-corrected chi connectivity index (χ0v) is 16.1. The summed E-state index contributed by atoms with van der Waals surface area (Å²) in [4.78, 5) is 12.2. The highest BCUT2D eigenvalue weighted by Crippen LogP contribution is 2.24. The first kappa shape index (κ1) is 18.1. The Labute approximate surface area is 164 Å². The van der Waals surface area contributed by atoms with Crippen molar-refractivity contribution in [1.29, 1.82) is 0 Å². The Morgan fingerprint density at radius 3 is 2.79 bits per heavy atom. The second-order valence-corrected chi connectivity index (χ2v) is 7.06. The number of carbonyl (C=O) groups is 1. The lowest BCUT2D eigenvalue weighted by Crippen LogP contribution is -2.14. The van der Waals surface area contributed by atoms with Crippen LogP contribution in [0.4, 0.5) is 5.88 Å². The largest absolute Gasteiger partial charge is 0.461 e. The minimum atomic E-state index is -0.223. The molecule has 1 aromatic carbocycles. The van der Waals surface area contributed by atoms with Crippen molar-refractivity contribution in [3.05, 3.63) is 54.3 Å². The molecule has 0 bridgehead atoms. The van der Waals surface area contributed by atoms with Crippen molar-refractivity contribution in [2.24, 2.45) is 7.05 Å². The third-order valence-electron chi connectivity index (χ3n) is 4.03. The van der Waals surface area contributed by atoms with Crippen LogP contribution in [0, 0.1) is 6.92 Å². The molecule has 0 fully saturated rings. The Kier molecular flexibility index (Phi) is 4.98. The zero-order valence-electron chi connectivity index (χ0n) is 15.2. The summed E-state index contributed by atoms with van der Waals surface area (Å²) in [5.41, 5.74) is 2.75. The first-order chi connectivity index (χ1) is 13.6. The van der Waals surface area contributed by atoms with Crippen molar-refractivity contribution in [2.75, 3.05) is 11.1 Å². The van der Waals surface area contributed by atoms with Crippen LogP contribution in [0.3, 0.4) is 0 Å². The molecule has 0 unspecified atom stereocenters. The summed E-state index contributed by atoms with van der Waals surface area (Å²) in [6.45, 7) is 2.02. The van der Waals surface area contributed by atoms with Crippen LogP contribution >= 0.6 is 11.8 Å². The predicted molar refractivity (Wildman–Crippen MR) is 105 cm³/mol. The first-order valence-electron chi connectivity index (χ1n) is 8.50. The van der Waals surface area contributed by atoms with Crippen LogP contribution in [-0.2, 0) is 11.8 Å². The van der Waals surface area contributed by atoms with Crippen molar-refractivity contribution in [3.8, 4) is 22.8 Å². The van der Waals surface area contributed by atoms with Crippen LogP contribution < -0.4 is 5.32 Å². The summed E-state index contributed by atoms with van der Waals surface area (Å²) in [6, 6.07) is 13.2. The second-order valence-electron chi connectivity index (χ2n) is 6.12. The van der Waals surface area contributed by atoms with Gasteiger partial charge in [0.1, 0.15) is 5.69 Å². The number of nitrogens with zero attached hydrogens (tertiary/aromatic N) is 4. The van der Waals surface area contributed by atoms with Crippen LogP contribution in [0.25, 0.3) is 22.8 Å². The Balaban J connectivity index is 1.36. The van der Waals surface area contributed by atoms with E-state index in [-0.39, 0.29) is 11.7 Å². The van der Waals surface area contributed by atoms with Crippen molar-refractivity contribution in [3.63, 3.8) is 0 Å². The van der Waals surface area contributed by atoms with E-state index in [4.69, 9.17) is 8.94 Å². The molecule has 1 amide bonds. The van der Waals surface area contributed by atoms with E-state index in [1.54, 1.807) is 29.0 Å². The molecular formula is C19H17N5O3S. The van der Waals surface area contributed by atoms with Gasteiger partial charge in [0.05, 0.1) is 12.0 Å². The Bertz CT molecular complexity index is 1080. The summed E-state index contributed by atoms with van der Waals surface area (Å²) in [5.74, 6) is 1.46. The van der Waals surface area contributed by atoms with Gasteiger partial charge >= 0.3 is 0 Å². The normalized spacial score (nSPS) is 10.9. The maximum atomic E-state index is 12.2. The smallest absolute Gasteiger partial charge is 0.237 e. The van der Waals surface area contributed by atoms with Crippen LogP contribution in [0.15, 0.2) is 62.8 Å². The maximum Gasteiger partial charge on any atom is 0.237 e. The van der Waals surface area contributed by atoms with Crippen LogP contribution in [0.1, 0.15) is 5.56 Å². The molecule has 4 rings (SSSR count). The number of amides is 1. The van der Waals surface area contributed by atoms with Gasteiger partial charge in [-0.05, 0) is 19.1 Å². The second kappa shape index (κ2) is 7.73. The van der Waals surface area contributed by atoms with E-state index in [9.17, 15) is 4.79 Å². The molecule has 8 nitrogen and oxygen atoms in total. The topological polar surface area (TPSA) is 99.0 Å². The van der Waals surface area contributed by atoms with Gasteiger partial charge in [0.25, 0.3) is 0 Å². The lowest BCUT2D eigenvalue weighted by Gasteiger charge is -2.02. The van der Waals surface area contributed by atoms with Crippen molar-refractivity contribution in [1.82, 2.24) is 19.9 Å². The lowest BCUT2D eigenvalue weighted by molar-refractivity contribution is -0.113. The fourth-order valence-corrected chi connectivity index (χ4v) is 3.27. The van der Waals surface area contributed by atoms with Gasteiger partial charge in [-0.2, -0.15) is 0 Å². The average Bonchev–Trinajstić information content (AvgIpc) is 3.42. The molecule has 4 aromatic rings. The van der Waals surface area contributed by atoms with Gasteiger partial charge < -0.3 is 13.5 Å². The molecule has 3 heterocycles. The molecule has 0 aliphatic heterocycles. The molecule has 0 saturated carbocycles. The highest BCUT2D eigenvalue weighted by atomic mass is 32.2. The van der Waals surface area contributed by atoms with E-state index in [1.807, 2.05) is 38.2 Å². The summed E-state index contributed by atoms with van der Waals surface area (Å²) in [7, 11) is 1.82. The number of aryl methyl sites for hydroxylation is 1. The molecule has 0 aliphatic rings. The summed E-state index contributed by atoms with van der Waals surface area (Å²) in [5, 5.41) is 15.5. The number of aromatic nitrogens is 4. The molecule has 0 aliphatic carbocycles. The Hall–Kier alpha value is -3.33. The fraction of sp³-hybridized carbons (Fsp3) is 0.158. The van der Waals surface area contributed by atoms with E-state index in [1.165, 1.54) is 11.8 Å². The van der Waals surface area contributed by atoms with Gasteiger partial charge in [-0.1, -0.05) is 46.7 Å². The quantitative estimate of drug-likeness (QED) is 0.496.